The number of hydrogen-bond donors (Lipinski definition) is 1. The zero-order valence-corrected chi connectivity index (χ0v) is 17.7. The molecule has 164 valence electrons. The van der Waals surface area contributed by atoms with Gasteiger partial charge in [0, 0.05) is 40.7 Å². The summed E-state index contributed by atoms with van der Waals surface area (Å²) in [7, 11) is 0. The zero-order chi connectivity index (χ0) is 22.5. The summed E-state index contributed by atoms with van der Waals surface area (Å²) in [6.45, 7) is 2.66. The summed E-state index contributed by atoms with van der Waals surface area (Å²) < 4.78 is 38.9. The molecule has 1 aromatic heterocycles. The monoisotopic (exact) mass is 435 g/mol. The fourth-order valence-corrected chi connectivity index (χ4v) is 3.53. The molecule has 32 heavy (non-hydrogen) atoms. The van der Waals surface area contributed by atoms with Crippen LogP contribution in [0, 0.1) is 18.6 Å². The number of halogens is 2. The molecule has 1 N–H and O–H groups in total. The summed E-state index contributed by atoms with van der Waals surface area (Å²) in [6, 6.07) is 16.9. The number of carbonyl (C=O) groups excluding carboxylic acids is 1. The van der Waals surface area contributed by atoms with Crippen LogP contribution < -0.4 is 4.74 Å². The largest absolute Gasteiger partial charge is 0.491 e. The van der Waals surface area contributed by atoms with E-state index in [2.05, 4.69) is 4.98 Å². The second-order valence-electron chi connectivity index (χ2n) is 7.59. The second kappa shape index (κ2) is 9.75. The third-order valence-corrected chi connectivity index (χ3v) is 5.24. The highest BCUT2D eigenvalue weighted by atomic mass is 19.1. The predicted octanol–water partition coefficient (Wildman–Crippen LogP) is 5.78. The number of fused-ring (bicyclic) bond motifs is 1. The van der Waals surface area contributed by atoms with Gasteiger partial charge < -0.3 is 14.5 Å². The molecule has 0 bridgehead atoms. The fraction of sp³-hybridized carbons (Fsp3) is 0.192. The van der Waals surface area contributed by atoms with Crippen LogP contribution in [0.25, 0.3) is 10.9 Å². The second-order valence-corrected chi connectivity index (χ2v) is 7.59. The maximum Gasteiger partial charge on any atom is 0.169 e. The van der Waals surface area contributed by atoms with Crippen molar-refractivity contribution in [3.05, 3.63) is 101 Å². The lowest BCUT2D eigenvalue weighted by molar-refractivity contribution is 0.0882. The molecule has 4 aromatic rings. The van der Waals surface area contributed by atoms with E-state index in [9.17, 15) is 13.6 Å². The average Bonchev–Trinajstić information content (AvgIpc) is 3.19. The van der Waals surface area contributed by atoms with Gasteiger partial charge in [-0.3, -0.25) is 4.79 Å². The maximum atomic E-state index is 13.8. The van der Waals surface area contributed by atoms with Gasteiger partial charge in [-0.15, -0.1) is 0 Å². The Hall–Kier alpha value is -3.51. The van der Waals surface area contributed by atoms with Crippen molar-refractivity contribution in [2.45, 2.75) is 20.0 Å². The molecule has 1 heterocycles. The van der Waals surface area contributed by atoms with E-state index in [1.54, 1.807) is 25.3 Å². The number of ketones is 1. The van der Waals surface area contributed by atoms with Crippen molar-refractivity contribution in [3.8, 4) is 5.75 Å². The molecule has 4 nitrogen and oxygen atoms in total. The fourth-order valence-electron chi connectivity index (χ4n) is 3.53. The van der Waals surface area contributed by atoms with E-state index in [0.717, 1.165) is 5.56 Å². The molecule has 0 amide bonds. The normalized spacial score (nSPS) is 11.1. The van der Waals surface area contributed by atoms with Crippen molar-refractivity contribution in [2.75, 3.05) is 13.2 Å². The molecule has 0 fully saturated rings. The van der Waals surface area contributed by atoms with Crippen molar-refractivity contribution in [1.29, 1.82) is 0 Å². The topological polar surface area (TPSA) is 51.3 Å². The summed E-state index contributed by atoms with van der Waals surface area (Å²) in [5, 5.41) is 0.660. The Morgan fingerprint density at radius 3 is 2.62 bits per heavy atom. The number of rotatable bonds is 9. The van der Waals surface area contributed by atoms with Gasteiger partial charge in [0.15, 0.2) is 5.78 Å². The highest BCUT2D eigenvalue weighted by Gasteiger charge is 2.17. The average molecular weight is 435 g/mol. The first-order chi connectivity index (χ1) is 15.5. The Morgan fingerprint density at radius 2 is 1.81 bits per heavy atom. The van der Waals surface area contributed by atoms with Crippen LogP contribution in [0.5, 0.6) is 5.75 Å². The van der Waals surface area contributed by atoms with E-state index in [0.29, 0.717) is 46.6 Å². The maximum absolute atomic E-state index is 13.8. The van der Waals surface area contributed by atoms with E-state index >= 15 is 0 Å². The van der Waals surface area contributed by atoms with E-state index < -0.39 is 5.82 Å². The van der Waals surface area contributed by atoms with Crippen molar-refractivity contribution in [3.63, 3.8) is 0 Å². The van der Waals surface area contributed by atoms with Crippen molar-refractivity contribution < 1.29 is 23.0 Å². The molecule has 0 spiro atoms. The number of H-pyrrole nitrogens is 1. The third kappa shape index (κ3) is 5.03. The number of nitrogens with one attached hydrogen (secondary N) is 1. The SMILES string of the molecule is Cc1cc2c(C(=O)Cc3ccc(F)cc3OCCOCc3ccccc3)c[nH]c2cc1F. The van der Waals surface area contributed by atoms with Crippen molar-refractivity contribution >= 4 is 16.7 Å². The highest BCUT2D eigenvalue weighted by Crippen LogP contribution is 2.26. The summed E-state index contributed by atoms with van der Waals surface area (Å²) in [5.74, 6) is -0.635. The summed E-state index contributed by atoms with van der Waals surface area (Å²) >= 11 is 0. The van der Waals surface area contributed by atoms with Gasteiger partial charge in [-0.05, 0) is 36.2 Å². The van der Waals surface area contributed by atoms with Gasteiger partial charge in [0.05, 0.1) is 13.2 Å². The number of carbonyl (C=O) groups is 1. The molecule has 0 saturated heterocycles. The van der Waals surface area contributed by atoms with Crippen LogP contribution in [0.4, 0.5) is 8.78 Å². The lowest BCUT2D eigenvalue weighted by Crippen LogP contribution is -2.10. The van der Waals surface area contributed by atoms with Crippen LogP contribution in [0.1, 0.15) is 27.0 Å². The summed E-state index contributed by atoms with van der Waals surface area (Å²) in [6.07, 6.45) is 1.61. The number of aryl methyl sites for hydroxylation is 1. The van der Waals surface area contributed by atoms with Crippen LogP contribution in [0.15, 0.2) is 66.9 Å². The molecular weight excluding hydrogens is 412 g/mol. The van der Waals surface area contributed by atoms with Gasteiger partial charge in [0.2, 0.25) is 0 Å². The summed E-state index contributed by atoms with van der Waals surface area (Å²) in [5.41, 5.74) is 3.12. The van der Waals surface area contributed by atoms with Gasteiger partial charge >= 0.3 is 0 Å². The number of aromatic amines is 1. The van der Waals surface area contributed by atoms with Crippen LogP contribution in [-0.2, 0) is 17.8 Å². The molecule has 0 aliphatic rings. The Balaban J connectivity index is 1.42. The first-order valence-corrected chi connectivity index (χ1v) is 10.3. The van der Waals surface area contributed by atoms with Crippen molar-refractivity contribution in [1.82, 2.24) is 4.98 Å². The van der Waals surface area contributed by atoms with E-state index in [4.69, 9.17) is 9.47 Å². The lowest BCUT2D eigenvalue weighted by atomic mass is 10.0. The van der Waals surface area contributed by atoms with Crippen LogP contribution in [0.2, 0.25) is 0 Å². The molecule has 0 saturated carbocycles. The minimum atomic E-state index is -0.445. The van der Waals surface area contributed by atoms with Crippen LogP contribution in [-0.4, -0.2) is 24.0 Å². The van der Waals surface area contributed by atoms with E-state index in [-0.39, 0.29) is 24.6 Å². The van der Waals surface area contributed by atoms with E-state index in [1.165, 1.54) is 18.2 Å². The number of ether oxygens (including phenoxy) is 2. The van der Waals surface area contributed by atoms with Gasteiger partial charge in [-0.1, -0.05) is 36.4 Å². The molecule has 0 aliphatic carbocycles. The quantitative estimate of drug-likeness (QED) is 0.268. The standard InChI is InChI=1S/C26H23F2NO3/c1-17-11-21-22(15-29-24(21)14-23(17)28)25(30)12-19-7-8-20(27)13-26(19)32-10-9-31-16-18-5-3-2-4-6-18/h2-8,11,13-15,29H,9-10,12,16H2,1H3. The van der Waals surface area contributed by atoms with Gasteiger partial charge in [-0.25, -0.2) is 8.78 Å². The minimum absolute atomic E-state index is 0.0316. The van der Waals surface area contributed by atoms with E-state index in [1.807, 2.05) is 30.3 Å². The Morgan fingerprint density at radius 1 is 1.00 bits per heavy atom. The molecule has 0 aliphatic heterocycles. The van der Waals surface area contributed by atoms with Crippen LogP contribution >= 0.6 is 0 Å². The Kier molecular flexibility index (Phi) is 6.61. The van der Waals surface area contributed by atoms with Gasteiger partial charge in [0.1, 0.15) is 24.0 Å². The highest BCUT2D eigenvalue weighted by molar-refractivity contribution is 6.08. The van der Waals surface area contributed by atoms with Gasteiger partial charge in [-0.2, -0.15) is 0 Å². The molecule has 0 unspecified atom stereocenters. The molecular formula is C26H23F2NO3. The number of Topliss-reactive ketones (excluding diaryl/α,β-unsaturated/α-hetero) is 1. The molecule has 6 heteroatoms. The molecule has 4 rings (SSSR count). The van der Waals surface area contributed by atoms with Gasteiger partial charge in [0.25, 0.3) is 0 Å². The first-order valence-electron chi connectivity index (χ1n) is 10.3. The summed E-state index contributed by atoms with van der Waals surface area (Å²) in [4.78, 5) is 15.9. The minimum Gasteiger partial charge on any atom is -0.491 e. The first kappa shape index (κ1) is 21.7. The smallest absolute Gasteiger partial charge is 0.169 e. The Labute approximate surface area is 184 Å². The third-order valence-electron chi connectivity index (χ3n) is 5.24. The van der Waals surface area contributed by atoms with Crippen molar-refractivity contribution in [2.24, 2.45) is 0 Å². The number of aromatic nitrogens is 1. The predicted molar refractivity (Wildman–Crippen MR) is 119 cm³/mol. The molecule has 3 aromatic carbocycles. The zero-order valence-electron chi connectivity index (χ0n) is 17.7. The van der Waals surface area contributed by atoms with Crippen LogP contribution in [0.3, 0.4) is 0 Å². The lowest BCUT2D eigenvalue weighted by Gasteiger charge is -2.12. The molecule has 0 radical (unpaired) electrons. The Bertz CT molecular complexity index is 1230. The number of benzene rings is 3. The number of hydrogen-bond acceptors (Lipinski definition) is 3. The molecule has 0 atom stereocenters.